The van der Waals surface area contributed by atoms with Crippen LogP contribution in [0.2, 0.25) is 0 Å². The van der Waals surface area contributed by atoms with Crippen LogP contribution in [0.15, 0.2) is 22.7 Å². The highest BCUT2D eigenvalue weighted by Gasteiger charge is 2.10. The van der Waals surface area contributed by atoms with Gasteiger partial charge in [0, 0.05) is 12.1 Å². The largest absolute Gasteiger partial charge is 0.308 e. The van der Waals surface area contributed by atoms with Gasteiger partial charge in [0.05, 0.1) is 4.47 Å². The summed E-state index contributed by atoms with van der Waals surface area (Å²) in [7, 11) is 0. The van der Waals surface area contributed by atoms with E-state index in [0.717, 1.165) is 12.0 Å². The van der Waals surface area contributed by atoms with E-state index in [1.165, 1.54) is 17.6 Å². The maximum absolute atomic E-state index is 13.2. The quantitative estimate of drug-likeness (QED) is 0.721. The van der Waals surface area contributed by atoms with Crippen LogP contribution in [0.4, 0.5) is 4.39 Å². The van der Waals surface area contributed by atoms with Gasteiger partial charge in [0.25, 0.3) is 0 Å². The Morgan fingerprint density at radius 3 is 2.72 bits per heavy atom. The van der Waals surface area contributed by atoms with Gasteiger partial charge < -0.3 is 5.32 Å². The first-order valence-electron chi connectivity index (χ1n) is 6.33. The van der Waals surface area contributed by atoms with Crippen molar-refractivity contribution in [2.45, 2.75) is 39.3 Å². The van der Waals surface area contributed by atoms with E-state index in [-0.39, 0.29) is 11.9 Å². The molecule has 2 atom stereocenters. The molecule has 1 aromatic carbocycles. The minimum Gasteiger partial charge on any atom is -0.308 e. The van der Waals surface area contributed by atoms with E-state index in [0.29, 0.717) is 10.5 Å². The minimum absolute atomic E-state index is 0.210. The lowest BCUT2D eigenvalue weighted by Crippen LogP contribution is -2.29. The second-order valence-corrected chi connectivity index (χ2v) is 6.70. The number of halogens is 2. The van der Waals surface area contributed by atoms with Crippen LogP contribution >= 0.6 is 27.7 Å². The molecule has 4 heteroatoms. The standard InChI is InChI=1S/C14H21BrFNS/c1-4-18-8-7-10(2)17-11(3)12-5-6-14(16)13(15)9-12/h5-6,9-11,17H,4,7-8H2,1-3H3. The van der Waals surface area contributed by atoms with Crippen LogP contribution < -0.4 is 5.32 Å². The van der Waals surface area contributed by atoms with Gasteiger partial charge in [-0.1, -0.05) is 13.0 Å². The molecule has 0 heterocycles. The Bertz CT molecular complexity index is 373. The van der Waals surface area contributed by atoms with Gasteiger partial charge in [-0.15, -0.1) is 0 Å². The summed E-state index contributed by atoms with van der Waals surface area (Å²) in [5.41, 5.74) is 1.11. The third kappa shape index (κ3) is 5.29. The van der Waals surface area contributed by atoms with Crippen molar-refractivity contribution >= 4 is 27.7 Å². The van der Waals surface area contributed by atoms with Gasteiger partial charge in [-0.05, 0) is 65.4 Å². The molecule has 1 rings (SSSR count). The summed E-state index contributed by atoms with van der Waals surface area (Å²) in [6.07, 6.45) is 1.16. The average molecular weight is 334 g/mol. The number of benzene rings is 1. The predicted octanol–water partition coefficient (Wildman–Crippen LogP) is 4.77. The van der Waals surface area contributed by atoms with Crippen molar-refractivity contribution in [1.82, 2.24) is 5.32 Å². The normalized spacial score (nSPS) is 14.5. The van der Waals surface area contributed by atoms with Crippen molar-refractivity contribution in [2.24, 2.45) is 0 Å². The van der Waals surface area contributed by atoms with E-state index in [1.54, 1.807) is 0 Å². The maximum atomic E-state index is 13.2. The van der Waals surface area contributed by atoms with Crippen molar-refractivity contribution in [1.29, 1.82) is 0 Å². The van der Waals surface area contributed by atoms with Crippen molar-refractivity contribution in [3.63, 3.8) is 0 Å². The van der Waals surface area contributed by atoms with Crippen LogP contribution in [0.3, 0.4) is 0 Å². The SMILES string of the molecule is CCSCCC(C)NC(C)c1ccc(F)c(Br)c1. The van der Waals surface area contributed by atoms with Crippen LogP contribution in [0.1, 0.15) is 38.8 Å². The molecule has 0 aliphatic heterocycles. The van der Waals surface area contributed by atoms with E-state index < -0.39 is 0 Å². The fourth-order valence-electron chi connectivity index (χ4n) is 1.79. The Labute approximate surface area is 122 Å². The Kier molecular flexibility index (Phi) is 7.27. The summed E-state index contributed by atoms with van der Waals surface area (Å²) in [4.78, 5) is 0. The number of hydrogen-bond donors (Lipinski definition) is 1. The van der Waals surface area contributed by atoms with Crippen molar-refractivity contribution in [3.8, 4) is 0 Å². The summed E-state index contributed by atoms with van der Waals surface area (Å²) in [6.45, 7) is 6.50. The number of rotatable bonds is 7. The first kappa shape index (κ1) is 16.0. The molecule has 1 nitrogen and oxygen atoms in total. The van der Waals surface area contributed by atoms with Crippen LogP contribution in [-0.2, 0) is 0 Å². The summed E-state index contributed by atoms with van der Waals surface area (Å²) >= 11 is 5.19. The fourth-order valence-corrected chi connectivity index (χ4v) is 3.00. The first-order chi connectivity index (χ1) is 8.54. The van der Waals surface area contributed by atoms with Gasteiger partial charge in [-0.25, -0.2) is 4.39 Å². The summed E-state index contributed by atoms with van der Waals surface area (Å²) in [5, 5.41) is 3.55. The lowest BCUT2D eigenvalue weighted by atomic mass is 10.1. The van der Waals surface area contributed by atoms with Crippen molar-refractivity contribution in [3.05, 3.63) is 34.1 Å². The lowest BCUT2D eigenvalue weighted by Gasteiger charge is -2.20. The van der Waals surface area contributed by atoms with Gasteiger partial charge in [-0.2, -0.15) is 11.8 Å². The first-order valence-corrected chi connectivity index (χ1v) is 8.28. The zero-order valence-corrected chi connectivity index (χ0v) is 13.6. The van der Waals surface area contributed by atoms with Gasteiger partial charge >= 0.3 is 0 Å². The molecule has 0 saturated carbocycles. The molecule has 18 heavy (non-hydrogen) atoms. The molecule has 102 valence electrons. The molecule has 0 radical (unpaired) electrons. The topological polar surface area (TPSA) is 12.0 Å². The van der Waals surface area contributed by atoms with Crippen LogP contribution in [0.25, 0.3) is 0 Å². The second kappa shape index (κ2) is 8.18. The molecular formula is C14H21BrFNS. The average Bonchev–Trinajstić information content (AvgIpc) is 2.33. The summed E-state index contributed by atoms with van der Waals surface area (Å²) < 4.78 is 13.7. The summed E-state index contributed by atoms with van der Waals surface area (Å²) in [5.74, 6) is 2.15. The van der Waals surface area contributed by atoms with E-state index in [2.05, 4.69) is 42.0 Å². The van der Waals surface area contributed by atoms with Gasteiger partial charge in [0.15, 0.2) is 0 Å². The zero-order chi connectivity index (χ0) is 13.5. The second-order valence-electron chi connectivity index (χ2n) is 4.45. The zero-order valence-electron chi connectivity index (χ0n) is 11.2. The smallest absolute Gasteiger partial charge is 0.137 e. The number of nitrogens with one attached hydrogen (secondary N) is 1. The Morgan fingerprint density at radius 2 is 2.11 bits per heavy atom. The number of thioether (sulfide) groups is 1. The molecule has 0 aliphatic carbocycles. The predicted molar refractivity (Wildman–Crippen MR) is 82.7 cm³/mol. The molecule has 2 unspecified atom stereocenters. The molecule has 0 aliphatic rings. The number of hydrogen-bond acceptors (Lipinski definition) is 2. The Morgan fingerprint density at radius 1 is 1.39 bits per heavy atom. The maximum Gasteiger partial charge on any atom is 0.137 e. The van der Waals surface area contributed by atoms with Crippen LogP contribution in [0, 0.1) is 5.82 Å². The molecule has 0 fully saturated rings. The van der Waals surface area contributed by atoms with E-state index in [1.807, 2.05) is 23.9 Å². The summed E-state index contributed by atoms with van der Waals surface area (Å²) in [6, 6.07) is 5.91. The Hall–Kier alpha value is -0.0600. The highest BCUT2D eigenvalue weighted by molar-refractivity contribution is 9.10. The van der Waals surface area contributed by atoms with Crippen LogP contribution in [0.5, 0.6) is 0 Å². The van der Waals surface area contributed by atoms with Crippen LogP contribution in [-0.4, -0.2) is 17.5 Å². The van der Waals surface area contributed by atoms with Gasteiger partial charge in [0.1, 0.15) is 5.82 Å². The third-order valence-corrected chi connectivity index (χ3v) is 4.42. The van der Waals surface area contributed by atoms with E-state index in [4.69, 9.17) is 0 Å². The van der Waals surface area contributed by atoms with Crippen molar-refractivity contribution < 1.29 is 4.39 Å². The van der Waals surface area contributed by atoms with Crippen molar-refractivity contribution in [2.75, 3.05) is 11.5 Å². The molecule has 1 N–H and O–H groups in total. The Balaban J connectivity index is 2.48. The molecular weight excluding hydrogens is 313 g/mol. The molecule has 0 bridgehead atoms. The van der Waals surface area contributed by atoms with E-state index >= 15 is 0 Å². The highest BCUT2D eigenvalue weighted by atomic mass is 79.9. The van der Waals surface area contributed by atoms with Gasteiger partial charge in [-0.3, -0.25) is 0 Å². The lowest BCUT2D eigenvalue weighted by molar-refractivity contribution is 0.471. The highest BCUT2D eigenvalue weighted by Crippen LogP contribution is 2.21. The third-order valence-electron chi connectivity index (χ3n) is 2.88. The minimum atomic E-state index is -0.210. The molecule has 1 aromatic rings. The molecule has 0 saturated heterocycles. The van der Waals surface area contributed by atoms with Gasteiger partial charge in [0.2, 0.25) is 0 Å². The molecule has 0 aromatic heterocycles. The van der Waals surface area contributed by atoms with E-state index in [9.17, 15) is 4.39 Å². The fraction of sp³-hybridized carbons (Fsp3) is 0.571. The monoisotopic (exact) mass is 333 g/mol. The molecule has 0 spiro atoms. The molecule has 0 amide bonds.